The molecule has 0 unspecified atom stereocenters. The van der Waals surface area contributed by atoms with Crippen LogP contribution >= 0.6 is 11.3 Å². The third-order valence-electron chi connectivity index (χ3n) is 5.73. The molecule has 8 heteroatoms. The summed E-state index contributed by atoms with van der Waals surface area (Å²) in [6.45, 7) is 5.22. The van der Waals surface area contributed by atoms with E-state index in [1.54, 1.807) is 22.5 Å². The molecule has 0 spiro atoms. The number of nitrogens with zero attached hydrogens (tertiary/aromatic N) is 2. The number of benzene rings is 1. The molecule has 1 aromatic carbocycles. The smallest absolute Gasteiger partial charge is 0.243 e. The second-order valence-corrected chi connectivity index (χ2v) is 11.1. The summed E-state index contributed by atoms with van der Waals surface area (Å²) in [7, 11) is -3.54. The number of carbonyl (C=O) groups is 1. The largest absolute Gasteiger partial charge is 0.302 e. The average Bonchev–Trinajstić information content (AvgIpc) is 3.15. The van der Waals surface area contributed by atoms with Gasteiger partial charge in [0.2, 0.25) is 15.9 Å². The van der Waals surface area contributed by atoms with Crippen molar-refractivity contribution in [3.05, 3.63) is 18.2 Å². The lowest BCUT2D eigenvalue weighted by Gasteiger charge is -2.21. The van der Waals surface area contributed by atoms with Gasteiger partial charge in [-0.1, -0.05) is 57.3 Å². The maximum atomic E-state index is 13.2. The summed E-state index contributed by atoms with van der Waals surface area (Å²) >= 11 is 1.34. The molecule has 1 amide bonds. The van der Waals surface area contributed by atoms with Crippen molar-refractivity contribution in [3.8, 4) is 0 Å². The van der Waals surface area contributed by atoms with E-state index in [2.05, 4.69) is 24.1 Å². The summed E-state index contributed by atoms with van der Waals surface area (Å²) in [5.41, 5.74) is 0.714. The van der Waals surface area contributed by atoms with E-state index in [0.29, 0.717) is 28.6 Å². The molecule has 1 saturated carbocycles. The maximum Gasteiger partial charge on any atom is 0.243 e. The Morgan fingerprint density at radius 3 is 2.43 bits per heavy atom. The van der Waals surface area contributed by atoms with Crippen LogP contribution in [0.25, 0.3) is 10.2 Å². The Hall–Kier alpha value is -1.51. The van der Waals surface area contributed by atoms with Crippen molar-refractivity contribution >= 4 is 42.6 Å². The molecule has 3 rings (SSSR count). The first-order valence-electron chi connectivity index (χ1n) is 11.2. The molecule has 1 aromatic heterocycles. The van der Waals surface area contributed by atoms with E-state index < -0.39 is 10.0 Å². The monoisotopic (exact) mass is 451 g/mol. The van der Waals surface area contributed by atoms with E-state index in [1.165, 1.54) is 17.8 Å². The number of anilines is 1. The van der Waals surface area contributed by atoms with Crippen molar-refractivity contribution in [2.75, 3.05) is 18.4 Å². The van der Waals surface area contributed by atoms with Crippen LogP contribution in [0.15, 0.2) is 23.1 Å². The highest BCUT2D eigenvalue weighted by Crippen LogP contribution is 2.31. The number of sulfonamides is 1. The van der Waals surface area contributed by atoms with Crippen molar-refractivity contribution < 1.29 is 13.2 Å². The summed E-state index contributed by atoms with van der Waals surface area (Å²) in [5, 5.41) is 3.49. The van der Waals surface area contributed by atoms with E-state index in [9.17, 15) is 13.2 Å². The van der Waals surface area contributed by atoms with Crippen LogP contribution in [-0.4, -0.2) is 36.7 Å². The molecule has 1 fully saturated rings. The molecule has 0 aliphatic heterocycles. The third kappa shape index (κ3) is 5.59. The van der Waals surface area contributed by atoms with Gasteiger partial charge >= 0.3 is 0 Å². The van der Waals surface area contributed by atoms with Crippen molar-refractivity contribution in [2.24, 2.45) is 5.92 Å². The summed E-state index contributed by atoms with van der Waals surface area (Å²) in [6, 6.07) is 5.07. The van der Waals surface area contributed by atoms with Crippen molar-refractivity contribution in [2.45, 2.75) is 76.5 Å². The minimum Gasteiger partial charge on any atom is -0.302 e. The number of unbranched alkanes of at least 4 members (excludes halogenated alkanes) is 2. The second-order valence-electron chi connectivity index (χ2n) is 8.08. The minimum atomic E-state index is -3.54. The van der Waals surface area contributed by atoms with Gasteiger partial charge in [-0.15, -0.1) is 0 Å². The lowest BCUT2D eigenvalue weighted by atomic mass is 9.89. The molecule has 2 aromatic rings. The predicted octanol–water partition coefficient (Wildman–Crippen LogP) is 5.41. The van der Waals surface area contributed by atoms with Crippen LogP contribution in [0.5, 0.6) is 0 Å². The molecule has 30 heavy (non-hydrogen) atoms. The number of rotatable bonds is 10. The zero-order chi connectivity index (χ0) is 21.6. The van der Waals surface area contributed by atoms with Crippen LogP contribution in [-0.2, 0) is 14.8 Å². The number of thiazole rings is 1. The quantitative estimate of drug-likeness (QED) is 0.524. The zero-order valence-electron chi connectivity index (χ0n) is 18.0. The Morgan fingerprint density at radius 1 is 1.13 bits per heavy atom. The molecule has 1 aliphatic rings. The third-order valence-corrected chi connectivity index (χ3v) is 8.55. The second kappa shape index (κ2) is 10.7. The number of fused-ring (bicyclic) bond motifs is 1. The van der Waals surface area contributed by atoms with Gasteiger partial charge in [-0.3, -0.25) is 4.79 Å². The van der Waals surface area contributed by atoms with Gasteiger partial charge in [0.25, 0.3) is 0 Å². The van der Waals surface area contributed by atoms with E-state index >= 15 is 0 Å². The summed E-state index contributed by atoms with van der Waals surface area (Å²) < 4.78 is 28.8. The molecular formula is C22H33N3O3S2. The first-order valence-corrected chi connectivity index (χ1v) is 13.4. The van der Waals surface area contributed by atoms with Gasteiger partial charge in [0.1, 0.15) is 0 Å². The average molecular weight is 452 g/mol. The fraction of sp³-hybridized carbons (Fsp3) is 0.636. The SMILES string of the molecule is CCCCN(CCCC)S(=O)(=O)c1ccc2nc(NC(=O)C3CCCCC3)sc2c1. The molecule has 0 saturated heterocycles. The molecule has 6 nitrogen and oxygen atoms in total. The van der Waals surface area contributed by atoms with Gasteiger partial charge in [0, 0.05) is 19.0 Å². The molecular weight excluding hydrogens is 418 g/mol. The van der Waals surface area contributed by atoms with E-state index in [-0.39, 0.29) is 11.8 Å². The van der Waals surface area contributed by atoms with Gasteiger partial charge in [0.05, 0.1) is 15.1 Å². The fourth-order valence-electron chi connectivity index (χ4n) is 3.86. The zero-order valence-corrected chi connectivity index (χ0v) is 19.7. The van der Waals surface area contributed by atoms with Crippen molar-refractivity contribution in [3.63, 3.8) is 0 Å². The number of nitrogens with one attached hydrogen (secondary N) is 1. The lowest BCUT2D eigenvalue weighted by Crippen LogP contribution is -2.33. The van der Waals surface area contributed by atoms with Crippen LogP contribution < -0.4 is 5.32 Å². The number of carbonyl (C=O) groups excluding carboxylic acids is 1. The van der Waals surface area contributed by atoms with Crippen LogP contribution in [0.1, 0.15) is 71.6 Å². The highest BCUT2D eigenvalue weighted by atomic mass is 32.2. The number of hydrogen-bond donors (Lipinski definition) is 1. The normalized spacial score (nSPS) is 15.7. The topological polar surface area (TPSA) is 79.4 Å². The Labute approximate surface area is 184 Å². The first-order chi connectivity index (χ1) is 14.5. The summed E-state index contributed by atoms with van der Waals surface area (Å²) in [5.74, 6) is 0.0966. The summed E-state index contributed by atoms with van der Waals surface area (Å²) in [4.78, 5) is 17.3. The van der Waals surface area contributed by atoms with E-state index in [0.717, 1.165) is 56.1 Å². The molecule has 0 bridgehead atoms. The lowest BCUT2D eigenvalue weighted by molar-refractivity contribution is -0.120. The molecule has 1 heterocycles. The number of amides is 1. The Kier molecular flexibility index (Phi) is 8.25. The Balaban J connectivity index is 1.79. The molecule has 0 radical (unpaired) electrons. The van der Waals surface area contributed by atoms with Crippen LogP contribution in [0.3, 0.4) is 0 Å². The summed E-state index contributed by atoms with van der Waals surface area (Å²) in [6.07, 6.45) is 8.89. The first kappa shape index (κ1) is 23.2. The molecule has 166 valence electrons. The van der Waals surface area contributed by atoms with Gasteiger partial charge in [-0.25, -0.2) is 13.4 Å². The maximum absolute atomic E-state index is 13.2. The van der Waals surface area contributed by atoms with Gasteiger partial charge < -0.3 is 5.32 Å². The van der Waals surface area contributed by atoms with Crippen LogP contribution in [0.4, 0.5) is 5.13 Å². The molecule has 0 atom stereocenters. The Bertz CT molecular complexity index is 942. The van der Waals surface area contributed by atoms with Crippen LogP contribution in [0.2, 0.25) is 0 Å². The highest BCUT2D eigenvalue weighted by Gasteiger charge is 2.25. The van der Waals surface area contributed by atoms with Crippen molar-refractivity contribution in [1.82, 2.24) is 9.29 Å². The van der Waals surface area contributed by atoms with E-state index in [1.807, 2.05) is 0 Å². The minimum absolute atomic E-state index is 0.0342. The number of aromatic nitrogens is 1. The van der Waals surface area contributed by atoms with E-state index in [4.69, 9.17) is 0 Å². The van der Waals surface area contributed by atoms with Crippen LogP contribution in [0, 0.1) is 5.92 Å². The fourth-order valence-corrected chi connectivity index (χ4v) is 6.39. The highest BCUT2D eigenvalue weighted by molar-refractivity contribution is 7.89. The predicted molar refractivity (Wildman–Crippen MR) is 123 cm³/mol. The Morgan fingerprint density at radius 2 is 1.80 bits per heavy atom. The van der Waals surface area contributed by atoms with Gasteiger partial charge in [-0.2, -0.15) is 4.31 Å². The molecule has 1 N–H and O–H groups in total. The van der Waals surface area contributed by atoms with Crippen molar-refractivity contribution in [1.29, 1.82) is 0 Å². The molecule has 1 aliphatic carbocycles. The standard InChI is InChI=1S/C22H33N3O3S2/c1-3-5-14-25(15-6-4-2)30(27,28)18-12-13-19-20(16-18)29-22(23-19)24-21(26)17-10-8-7-9-11-17/h12-13,16-17H,3-11,14-15H2,1-2H3,(H,23,24,26). The number of hydrogen-bond acceptors (Lipinski definition) is 5. The van der Waals surface area contributed by atoms with Gasteiger partial charge in [-0.05, 0) is 43.9 Å². The van der Waals surface area contributed by atoms with Gasteiger partial charge in [0.15, 0.2) is 5.13 Å².